The zero-order valence-corrected chi connectivity index (χ0v) is 11.0. The Balaban J connectivity index is 1.65. The van der Waals surface area contributed by atoms with Gasteiger partial charge in [-0.2, -0.15) is 0 Å². The first-order chi connectivity index (χ1) is 10.2. The number of aromatic hydroxyl groups is 1. The number of carbonyl (C=O) groups is 2. The van der Waals surface area contributed by atoms with Crippen molar-refractivity contribution in [1.29, 1.82) is 0 Å². The van der Waals surface area contributed by atoms with Gasteiger partial charge in [-0.3, -0.25) is 14.5 Å². The van der Waals surface area contributed by atoms with Crippen LogP contribution in [0.2, 0.25) is 0 Å². The Morgan fingerprint density at radius 1 is 1.10 bits per heavy atom. The number of rotatable bonds is 4. The van der Waals surface area contributed by atoms with Crippen molar-refractivity contribution in [3.8, 4) is 11.5 Å². The second-order valence-corrected chi connectivity index (χ2v) is 4.51. The smallest absolute Gasteiger partial charge is 0.262 e. The highest BCUT2D eigenvalue weighted by Crippen LogP contribution is 2.21. The van der Waals surface area contributed by atoms with Gasteiger partial charge in [0.2, 0.25) is 0 Å². The van der Waals surface area contributed by atoms with Crippen molar-refractivity contribution in [2.24, 2.45) is 0 Å². The quantitative estimate of drug-likeness (QED) is 0.866. The van der Waals surface area contributed by atoms with E-state index in [1.807, 2.05) is 0 Å². The van der Waals surface area contributed by atoms with E-state index in [0.29, 0.717) is 16.9 Å². The van der Waals surface area contributed by atoms with Gasteiger partial charge in [0, 0.05) is 18.2 Å². The Labute approximate surface area is 121 Å². The Morgan fingerprint density at radius 3 is 2.38 bits per heavy atom. The molecule has 21 heavy (non-hydrogen) atoms. The summed E-state index contributed by atoms with van der Waals surface area (Å²) in [6, 6.07) is 14.6. The molecular weight excluding hydrogens is 270 g/mol. The Bertz CT molecular complexity index is 676. The molecule has 1 N–H and O–H groups in total. The summed E-state index contributed by atoms with van der Waals surface area (Å²) in [5.74, 6) is -0.118. The average Bonchev–Trinajstić information content (AvgIpc) is 2.73. The number of nitrogens with zero attached hydrogens (tertiary/aromatic N) is 1. The summed E-state index contributed by atoms with van der Waals surface area (Å²) in [5.41, 5.74) is 0.687. The van der Waals surface area contributed by atoms with Gasteiger partial charge < -0.3 is 9.84 Å². The lowest BCUT2D eigenvalue weighted by atomic mass is 10.1. The standard InChI is InChI=1S/C16H11NO4/c18-11-4-3-5-12(10-11)21-9-8-17-15(19)13-6-1-2-7-14(13)16(17)20/h3-7,10,18H,8-9H2. The molecule has 2 aromatic rings. The number of carbonyl (C=O) groups excluding carboxylic acids is 2. The van der Waals surface area contributed by atoms with E-state index in [9.17, 15) is 14.7 Å². The van der Waals surface area contributed by atoms with Crippen LogP contribution in [-0.4, -0.2) is 35.0 Å². The molecule has 3 rings (SSSR count). The van der Waals surface area contributed by atoms with E-state index in [4.69, 9.17) is 4.74 Å². The third-order valence-electron chi connectivity index (χ3n) is 3.16. The molecule has 1 aliphatic heterocycles. The summed E-state index contributed by atoms with van der Waals surface area (Å²) in [5, 5.41) is 9.32. The minimum absolute atomic E-state index is 0.0966. The van der Waals surface area contributed by atoms with Crippen molar-refractivity contribution in [2.45, 2.75) is 0 Å². The van der Waals surface area contributed by atoms with Gasteiger partial charge >= 0.3 is 0 Å². The van der Waals surface area contributed by atoms with Gasteiger partial charge in [-0.05, 0) is 12.1 Å². The molecule has 2 amide bonds. The lowest BCUT2D eigenvalue weighted by molar-refractivity contribution is 0.0631. The largest absolute Gasteiger partial charge is 0.508 e. The number of phenols is 1. The van der Waals surface area contributed by atoms with Crippen LogP contribution >= 0.6 is 0 Å². The van der Waals surface area contributed by atoms with Gasteiger partial charge in [0.05, 0.1) is 17.7 Å². The van der Waals surface area contributed by atoms with Crippen LogP contribution in [0.4, 0.5) is 0 Å². The topological polar surface area (TPSA) is 66.8 Å². The van der Waals surface area contributed by atoms with Gasteiger partial charge in [0.1, 0.15) is 18.1 Å². The van der Waals surface area contributed by atoms with Gasteiger partial charge in [0.25, 0.3) is 11.8 Å². The maximum atomic E-state index is 12.1. The average molecular weight is 281 g/mol. The molecule has 0 bridgehead atoms. The van der Waals surface area contributed by atoms with Crippen LogP contribution < -0.4 is 4.74 Å². The Kier molecular flexibility index (Phi) is 3.20. The Morgan fingerprint density at radius 2 is 1.76 bits per heavy atom. The van der Waals surface area contributed by atoms with Gasteiger partial charge in [-0.25, -0.2) is 0 Å². The van der Waals surface area contributed by atoms with Crippen molar-refractivity contribution in [2.75, 3.05) is 13.2 Å². The Hall–Kier alpha value is -3.00. The van der Waals surface area contributed by atoms with Gasteiger partial charge in [-0.15, -0.1) is 0 Å². The molecule has 0 atom stereocenters. The number of fused-ring (bicyclic) bond motifs is 1. The maximum absolute atomic E-state index is 12.1. The predicted octanol–water partition coefficient (Wildman–Crippen LogP) is 1.67. The van der Waals surface area contributed by atoms with Crippen molar-refractivity contribution in [1.82, 2.24) is 4.90 Å². The van der Waals surface area contributed by atoms with Crippen LogP contribution in [0.15, 0.2) is 36.4 Å². The monoisotopic (exact) mass is 281 g/mol. The summed E-state index contributed by atoms with van der Waals surface area (Å²) in [6.07, 6.45) is 0. The van der Waals surface area contributed by atoms with E-state index in [2.05, 4.69) is 12.1 Å². The molecular formula is C16H11NO4. The zero-order valence-electron chi connectivity index (χ0n) is 11.0. The molecule has 0 aromatic heterocycles. The number of phenolic OH excluding ortho intramolecular Hbond substituents is 1. The molecule has 2 aromatic carbocycles. The van der Waals surface area contributed by atoms with E-state index < -0.39 is 0 Å². The fraction of sp³-hybridized carbons (Fsp3) is 0.125. The van der Waals surface area contributed by atoms with Crippen LogP contribution in [0.3, 0.4) is 0 Å². The van der Waals surface area contributed by atoms with E-state index in [0.717, 1.165) is 4.90 Å². The molecule has 0 radical (unpaired) electrons. The van der Waals surface area contributed by atoms with Crippen molar-refractivity contribution in [3.05, 3.63) is 59.7 Å². The predicted molar refractivity (Wildman–Crippen MR) is 73.1 cm³/mol. The molecule has 0 saturated heterocycles. The third-order valence-corrected chi connectivity index (χ3v) is 3.16. The van der Waals surface area contributed by atoms with E-state index in [-0.39, 0.29) is 30.7 Å². The molecule has 0 unspecified atom stereocenters. The second kappa shape index (κ2) is 5.17. The van der Waals surface area contributed by atoms with Crippen molar-refractivity contribution in [3.63, 3.8) is 0 Å². The SMILES string of the molecule is O=C1c2cc#ccc2C(=O)N1CCOc1cccc(O)c1. The second-order valence-electron chi connectivity index (χ2n) is 4.51. The van der Waals surface area contributed by atoms with Gasteiger partial charge in [0.15, 0.2) is 0 Å². The molecule has 0 saturated carbocycles. The molecule has 1 heterocycles. The lowest BCUT2D eigenvalue weighted by Crippen LogP contribution is -2.33. The molecule has 1 aliphatic rings. The number of benzene rings is 1. The zero-order chi connectivity index (χ0) is 14.8. The first kappa shape index (κ1) is 13.0. The summed E-state index contributed by atoms with van der Waals surface area (Å²) in [7, 11) is 0. The minimum atomic E-state index is -0.347. The molecule has 104 valence electrons. The molecule has 0 spiro atoms. The lowest BCUT2D eigenvalue weighted by Gasteiger charge is -2.14. The highest BCUT2D eigenvalue weighted by atomic mass is 16.5. The van der Waals surface area contributed by atoms with Crippen LogP contribution in [-0.2, 0) is 0 Å². The van der Waals surface area contributed by atoms with Crippen molar-refractivity contribution >= 4 is 11.8 Å². The number of ether oxygens (including phenoxy) is 1. The van der Waals surface area contributed by atoms with E-state index in [1.165, 1.54) is 24.3 Å². The number of hydrogen-bond donors (Lipinski definition) is 1. The first-order valence-electron chi connectivity index (χ1n) is 6.36. The molecule has 0 aliphatic carbocycles. The number of imide groups is 1. The van der Waals surface area contributed by atoms with Gasteiger partial charge in [-0.1, -0.05) is 18.2 Å². The summed E-state index contributed by atoms with van der Waals surface area (Å²) in [6.45, 7) is 0.296. The van der Waals surface area contributed by atoms with Crippen LogP contribution in [0.25, 0.3) is 0 Å². The van der Waals surface area contributed by atoms with E-state index in [1.54, 1.807) is 12.1 Å². The molecule has 0 fully saturated rings. The first-order valence-corrected chi connectivity index (χ1v) is 6.36. The summed E-state index contributed by atoms with van der Waals surface area (Å²) >= 11 is 0. The molecule has 5 nitrogen and oxygen atoms in total. The highest BCUT2D eigenvalue weighted by molar-refractivity contribution is 6.21. The van der Waals surface area contributed by atoms with Crippen LogP contribution in [0.5, 0.6) is 11.5 Å². The van der Waals surface area contributed by atoms with Crippen LogP contribution in [0, 0.1) is 12.1 Å². The minimum Gasteiger partial charge on any atom is -0.508 e. The molecule has 5 heteroatoms. The highest BCUT2D eigenvalue weighted by Gasteiger charge is 2.34. The maximum Gasteiger partial charge on any atom is 0.262 e. The normalized spacial score (nSPS) is 13.0. The van der Waals surface area contributed by atoms with E-state index >= 15 is 0 Å². The van der Waals surface area contributed by atoms with Crippen LogP contribution in [0.1, 0.15) is 20.7 Å². The number of hydrogen-bond acceptors (Lipinski definition) is 4. The fourth-order valence-electron chi connectivity index (χ4n) is 2.15. The third kappa shape index (κ3) is 2.39. The summed E-state index contributed by atoms with van der Waals surface area (Å²) < 4.78 is 5.42. The fourth-order valence-corrected chi connectivity index (χ4v) is 2.15. The summed E-state index contributed by atoms with van der Waals surface area (Å²) in [4.78, 5) is 25.3. The number of amides is 2. The van der Waals surface area contributed by atoms with Crippen molar-refractivity contribution < 1.29 is 19.4 Å².